The molecule has 0 fully saturated rings. The van der Waals surface area contributed by atoms with Gasteiger partial charge in [0, 0.05) is 18.7 Å². The number of hydrogen-bond donors (Lipinski definition) is 3. The molecule has 0 radical (unpaired) electrons. The van der Waals surface area contributed by atoms with Gasteiger partial charge in [0.2, 0.25) is 0 Å². The predicted octanol–water partition coefficient (Wildman–Crippen LogP) is 1.46. The molecular weight excluding hydrogens is 276 g/mol. The Labute approximate surface area is 124 Å². The Hall–Kier alpha value is -1.66. The quantitative estimate of drug-likeness (QED) is 0.548. The van der Waals surface area contributed by atoms with Crippen LogP contribution < -0.4 is 15.4 Å². The molecule has 20 heavy (non-hydrogen) atoms. The Morgan fingerprint density at radius 3 is 2.55 bits per heavy atom. The van der Waals surface area contributed by atoms with Crippen molar-refractivity contribution < 1.29 is 14.6 Å². The third-order valence-corrected chi connectivity index (χ3v) is 2.58. The first kappa shape index (κ1) is 16.4. The summed E-state index contributed by atoms with van der Waals surface area (Å²) in [5, 5.41) is 14.3. The summed E-state index contributed by atoms with van der Waals surface area (Å²) in [7, 11) is 0. The van der Waals surface area contributed by atoms with Gasteiger partial charge in [0.05, 0.1) is 6.10 Å². The van der Waals surface area contributed by atoms with Gasteiger partial charge in [-0.25, -0.2) is 0 Å². The molecule has 0 aliphatic carbocycles. The highest BCUT2D eigenvalue weighted by molar-refractivity contribution is 7.80. The third-order valence-electron chi connectivity index (χ3n) is 2.34. The molecule has 0 unspecified atom stereocenters. The van der Waals surface area contributed by atoms with Gasteiger partial charge < -0.3 is 15.2 Å². The van der Waals surface area contributed by atoms with Gasteiger partial charge in [0.1, 0.15) is 5.75 Å². The lowest BCUT2D eigenvalue weighted by Gasteiger charge is -2.11. The van der Waals surface area contributed by atoms with Crippen molar-refractivity contribution in [3.8, 4) is 5.75 Å². The average Bonchev–Trinajstić information content (AvgIpc) is 2.39. The highest BCUT2D eigenvalue weighted by Gasteiger charge is 2.08. The van der Waals surface area contributed by atoms with Gasteiger partial charge in [-0.15, -0.1) is 0 Å². The molecule has 1 aromatic carbocycles. The number of ether oxygens (including phenoxy) is 1. The minimum atomic E-state index is -0.275. The van der Waals surface area contributed by atoms with Crippen molar-refractivity contribution in [2.24, 2.45) is 0 Å². The normalized spacial score (nSPS) is 10.2. The summed E-state index contributed by atoms with van der Waals surface area (Å²) in [5.41, 5.74) is 0.507. The number of rotatable bonds is 6. The first-order valence-corrected chi connectivity index (χ1v) is 6.90. The first-order valence-electron chi connectivity index (χ1n) is 6.49. The van der Waals surface area contributed by atoms with Crippen LogP contribution in [0.15, 0.2) is 24.3 Å². The summed E-state index contributed by atoms with van der Waals surface area (Å²) in [6.07, 6.45) is 0.676. The molecule has 1 rings (SSSR count). The number of aliphatic hydroxyl groups excluding tert-OH is 1. The van der Waals surface area contributed by atoms with Crippen molar-refractivity contribution in [3.63, 3.8) is 0 Å². The lowest BCUT2D eigenvalue weighted by molar-refractivity contribution is 0.0976. The van der Waals surface area contributed by atoms with Crippen molar-refractivity contribution in [1.29, 1.82) is 0 Å². The molecule has 6 heteroatoms. The molecule has 0 aliphatic heterocycles. The van der Waals surface area contributed by atoms with Gasteiger partial charge in [0.25, 0.3) is 5.91 Å². The molecule has 0 heterocycles. The van der Waals surface area contributed by atoms with Crippen molar-refractivity contribution in [1.82, 2.24) is 10.6 Å². The van der Waals surface area contributed by atoms with Crippen LogP contribution in [-0.2, 0) is 0 Å². The summed E-state index contributed by atoms with van der Waals surface area (Å²) in [4.78, 5) is 11.9. The highest BCUT2D eigenvalue weighted by Crippen LogP contribution is 2.13. The van der Waals surface area contributed by atoms with E-state index in [1.54, 1.807) is 24.3 Å². The lowest BCUT2D eigenvalue weighted by atomic mass is 10.2. The number of aliphatic hydroxyl groups is 1. The maximum absolute atomic E-state index is 11.9. The van der Waals surface area contributed by atoms with E-state index in [0.29, 0.717) is 18.5 Å². The molecule has 5 nitrogen and oxygen atoms in total. The summed E-state index contributed by atoms with van der Waals surface area (Å²) in [6.45, 7) is 4.49. The van der Waals surface area contributed by atoms with Gasteiger partial charge in [-0.05, 0) is 56.8 Å². The van der Waals surface area contributed by atoms with Gasteiger partial charge in [-0.2, -0.15) is 0 Å². The minimum absolute atomic E-state index is 0.0842. The second-order valence-electron chi connectivity index (χ2n) is 4.48. The maximum atomic E-state index is 11.9. The number of hydrogen-bond acceptors (Lipinski definition) is 4. The molecule has 0 aromatic heterocycles. The second kappa shape index (κ2) is 8.50. The van der Waals surface area contributed by atoms with E-state index in [9.17, 15) is 4.79 Å². The van der Waals surface area contributed by atoms with Crippen LogP contribution in [0.5, 0.6) is 5.75 Å². The molecule has 0 atom stereocenters. The van der Waals surface area contributed by atoms with E-state index in [1.165, 1.54) is 0 Å². The SMILES string of the molecule is CC(C)Oc1ccc(C(=O)NC(=S)NCCCO)cc1. The van der Waals surface area contributed by atoms with Crippen LogP contribution in [0.4, 0.5) is 0 Å². The fourth-order valence-electron chi connectivity index (χ4n) is 1.46. The maximum Gasteiger partial charge on any atom is 0.257 e. The van der Waals surface area contributed by atoms with Crippen molar-refractivity contribution in [3.05, 3.63) is 29.8 Å². The molecule has 0 saturated carbocycles. The summed E-state index contributed by atoms with van der Waals surface area (Å²) in [5.74, 6) is 0.447. The van der Waals surface area contributed by atoms with Crippen LogP contribution >= 0.6 is 12.2 Å². The fourth-order valence-corrected chi connectivity index (χ4v) is 1.65. The van der Waals surface area contributed by atoms with Crippen LogP contribution in [0.2, 0.25) is 0 Å². The second-order valence-corrected chi connectivity index (χ2v) is 4.89. The zero-order valence-electron chi connectivity index (χ0n) is 11.7. The van der Waals surface area contributed by atoms with E-state index in [-0.39, 0.29) is 23.7 Å². The summed E-state index contributed by atoms with van der Waals surface area (Å²) >= 11 is 4.98. The Morgan fingerprint density at radius 2 is 2.00 bits per heavy atom. The van der Waals surface area contributed by atoms with Gasteiger partial charge in [-0.3, -0.25) is 10.1 Å². The van der Waals surface area contributed by atoms with Crippen molar-refractivity contribution >= 4 is 23.2 Å². The molecule has 0 aliphatic rings. The van der Waals surface area contributed by atoms with Crippen LogP contribution in [0.3, 0.4) is 0 Å². The van der Waals surface area contributed by atoms with E-state index in [0.717, 1.165) is 5.75 Å². The Kier molecular flexibility index (Phi) is 6.97. The average molecular weight is 296 g/mol. The van der Waals surface area contributed by atoms with E-state index < -0.39 is 0 Å². The minimum Gasteiger partial charge on any atom is -0.491 e. The number of carbonyl (C=O) groups is 1. The zero-order valence-corrected chi connectivity index (χ0v) is 12.5. The summed E-state index contributed by atoms with van der Waals surface area (Å²) < 4.78 is 5.50. The Balaban J connectivity index is 2.49. The molecule has 1 amide bonds. The van der Waals surface area contributed by atoms with Gasteiger partial charge in [0.15, 0.2) is 5.11 Å². The summed E-state index contributed by atoms with van der Waals surface area (Å²) in [6, 6.07) is 6.86. The number of amides is 1. The van der Waals surface area contributed by atoms with Crippen LogP contribution in [0.25, 0.3) is 0 Å². The first-order chi connectivity index (χ1) is 9.52. The molecule has 110 valence electrons. The topological polar surface area (TPSA) is 70.6 Å². The fraction of sp³-hybridized carbons (Fsp3) is 0.429. The molecule has 3 N–H and O–H groups in total. The van der Waals surface area contributed by atoms with E-state index >= 15 is 0 Å². The molecule has 0 spiro atoms. The number of nitrogens with one attached hydrogen (secondary N) is 2. The van der Waals surface area contributed by atoms with Crippen molar-refractivity contribution in [2.75, 3.05) is 13.2 Å². The van der Waals surface area contributed by atoms with E-state index in [4.69, 9.17) is 22.1 Å². The van der Waals surface area contributed by atoms with Gasteiger partial charge in [-0.1, -0.05) is 0 Å². The van der Waals surface area contributed by atoms with Crippen molar-refractivity contribution in [2.45, 2.75) is 26.4 Å². The largest absolute Gasteiger partial charge is 0.491 e. The highest BCUT2D eigenvalue weighted by atomic mass is 32.1. The standard InChI is InChI=1S/C14H20N2O3S/c1-10(2)19-12-6-4-11(5-7-12)13(18)16-14(20)15-8-3-9-17/h4-7,10,17H,3,8-9H2,1-2H3,(H2,15,16,18,20). The number of thiocarbonyl (C=S) groups is 1. The number of carbonyl (C=O) groups excluding carboxylic acids is 1. The van der Waals surface area contributed by atoms with Crippen LogP contribution in [0, 0.1) is 0 Å². The predicted molar refractivity (Wildman–Crippen MR) is 82.0 cm³/mol. The molecule has 0 saturated heterocycles. The molecular formula is C14H20N2O3S. The smallest absolute Gasteiger partial charge is 0.257 e. The Bertz CT molecular complexity index is 446. The monoisotopic (exact) mass is 296 g/mol. The zero-order chi connectivity index (χ0) is 15.0. The van der Waals surface area contributed by atoms with E-state index in [1.807, 2.05) is 13.8 Å². The van der Waals surface area contributed by atoms with Crippen LogP contribution in [0.1, 0.15) is 30.6 Å². The van der Waals surface area contributed by atoms with Gasteiger partial charge >= 0.3 is 0 Å². The molecule has 1 aromatic rings. The van der Waals surface area contributed by atoms with Crippen LogP contribution in [-0.4, -0.2) is 35.4 Å². The number of benzene rings is 1. The third kappa shape index (κ3) is 5.99. The van der Waals surface area contributed by atoms with E-state index in [2.05, 4.69) is 10.6 Å². The Morgan fingerprint density at radius 1 is 1.35 bits per heavy atom. The molecule has 0 bridgehead atoms. The lowest BCUT2D eigenvalue weighted by Crippen LogP contribution is -2.39.